The van der Waals surface area contributed by atoms with Crippen LogP contribution in [0.1, 0.15) is 19.8 Å². The van der Waals surface area contributed by atoms with E-state index >= 15 is 0 Å². The first-order valence-electron chi connectivity index (χ1n) is 5.79. The van der Waals surface area contributed by atoms with Gasteiger partial charge in [0.25, 0.3) is 0 Å². The molecule has 0 spiro atoms. The zero-order valence-corrected chi connectivity index (χ0v) is 10.7. The minimum absolute atomic E-state index is 0.0341. The summed E-state index contributed by atoms with van der Waals surface area (Å²) in [4.78, 5) is 11.7. The molecule has 0 aromatic heterocycles. The Labute approximate surface area is 110 Å². The Bertz CT molecular complexity index is 477. The molecule has 1 fully saturated rings. The van der Waals surface area contributed by atoms with Crippen molar-refractivity contribution in [1.82, 2.24) is 5.32 Å². The van der Waals surface area contributed by atoms with E-state index in [0.717, 1.165) is 12.8 Å². The highest BCUT2D eigenvalue weighted by atomic mass is 35.5. The third kappa shape index (κ3) is 3.04. The Morgan fingerprint density at radius 3 is 2.83 bits per heavy atom. The van der Waals surface area contributed by atoms with Gasteiger partial charge in [-0.15, -0.1) is 0 Å². The molecule has 0 radical (unpaired) electrons. The molecule has 1 aliphatic rings. The van der Waals surface area contributed by atoms with Gasteiger partial charge < -0.3 is 16.4 Å². The Morgan fingerprint density at radius 1 is 1.56 bits per heavy atom. The van der Waals surface area contributed by atoms with Crippen LogP contribution in [0.4, 0.5) is 15.8 Å². The van der Waals surface area contributed by atoms with Crippen molar-refractivity contribution in [2.45, 2.75) is 31.8 Å². The van der Waals surface area contributed by atoms with E-state index < -0.39 is 11.9 Å². The quantitative estimate of drug-likeness (QED) is 0.735. The van der Waals surface area contributed by atoms with E-state index in [2.05, 4.69) is 10.6 Å². The number of nitrogen functional groups attached to an aromatic ring is 1. The number of carbonyl (C=O) groups excluding carboxylic acids is 1. The second-order valence-electron chi connectivity index (χ2n) is 4.50. The SMILES string of the molecule is CC(Nc1cc(F)c(Cl)cc1N)C(=O)NC1CC1. The number of nitrogens with two attached hydrogens (primary N) is 1. The normalized spacial score (nSPS) is 16.2. The maximum Gasteiger partial charge on any atom is 0.242 e. The molecule has 98 valence electrons. The van der Waals surface area contributed by atoms with Crippen LogP contribution in [-0.2, 0) is 4.79 Å². The van der Waals surface area contributed by atoms with Crippen LogP contribution in [-0.4, -0.2) is 18.0 Å². The van der Waals surface area contributed by atoms with Crippen LogP contribution in [0.3, 0.4) is 0 Å². The molecule has 1 amide bonds. The highest BCUT2D eigenvalue weighted by molar-refractivity contribution is 6.31. The third-order valence-corrected chi connectivity index (χ3v) is 3.07. The Kier molecular flexibility index (Phi) is 3.61. The molecule has 1 aromatic rings. The summed E-state index contributed by atoms with van der Waals surface area (Å²) in [6.07, 6.45) is 2.05. The number of nitrogens with one attached hydrogen (secondary N) is 2. The lowest BCUT2D eigenvalue weighted by Gasteiger charge is -2.16. The van der Waals surface area contributed by atoms with Crippen molar-refractivity contribution in [3.63, 3.8) is 0 Å². The predicted molar refractivity (Wildman–Crippen MR) is 70.1 cm³/mol. The second kappa shape index (κ2) is 5.02. The fraction of sp³-hybridized carbons (Fsp3) is 0.417. The molecule has 1 unspecified atom stereocenters. The van der Waals surface area contributed by atoms with Gasteiger partial charge in [-0.05, 0) is 25.8 Å². The van der Waals surface area contributed by atoms with E-state index in [-0.39, 0.29) is 10.9 Å². The summed E-state index contributed by atoms with van der Waals surface area (Å²) in [5, 5.41) is 5.70. The Hall–Kier alpha value is -1.49. The smallest absolute Gasteiger partial charge is 0.242 e. The molecular formula is C12H15ClFN3O. The zero-order chi connectivity index (χ0) is 13.3. The number of halogens is 2. The van der Waals surface area contributed by atoms with Crippen LogP contribution < -0.4 is 16.4 Å². The highest BCUT2D eigenvalue weighted by Gasteiger charge is 2.25. The number of rotatable bonds is 4. The zero-order valence-electron chi connectivity index (χ0n) is 9.97. The third-order valence-electron chi connectivity index (χ3n) is 2.78. The minimum Gasteiger partial charge on any atom is -0.397 e. The molecule has 1 saturated carbocycles. The molecular weight excluding hydrogens is 257 g/mol. The van der Waals surface area contributed by atoms with Crippen molar-refractivity contribution in [2.75, 3.05) is 11.1 Å². The summed E-state index contributed by atoms with van der Waals surface area (Å²) < 4.78 is 13.3. The maximum atomic E-state index is 13.3. The van der Waals surface area contributed by atoms with Crippen LogP contribution in [0, 0.1) is 5.82 Å². The standard InChI is InChI=1S/C12H15ClFN3O/c1-6(12(18)17-7-2-3-7)16-11-5-9(14)8(13)4-10(11)15/h4-7,16H,2-3,15H2,1H3,(H,17,18). The summed E-state index contributed by atoms with van der Waals surface area (Å²) in [7, 11) is 0. The molecule has 6 heteroatoms. The molecule has 0 saturated heterocycles. The maximum absolute atomic E-state index is 13.3. The van der Waals surface area contributed by atoms with E-state index in [1.165, 1.54) is 12.1 Å². The van der Waals surface area contributed by atoms with E-state index in [4.69, 9.17) is 17.3 Å². The van der Waals surface area contributed by atoms with Crippen LogP contribution >= 0.6 is 11.6 Å². The fourth-order valence-electron chi connectivity index (χ4n) is 1.54. The van der Waals surface area contributed by atoms with Gasteiger partial charge in [-0.1, -0.05) is 11.6 Å². The number of amides is 1. The molecule has 2 rings (SSSR count). The predicted octanol–water partition coefficient (Wildman–Crippen LogP) is 2.14. The van der Waals surface area contributed by atoms with Gasteiger partial charge in [0.2, 0.25) is 5.91 Å². The molecule has 1 atom stereocenters. The summed E-state index contributed by atoms with van der Waals surface area (Å²) in [6.45, 7) is 1.70. The summed E-state index contributed by atoms with van der Waals surface area (Å²) >= 11 is 5.60. The second-order valence-corrected chi connectivity index (χ2v) is 4.91. The molecule has 1 aliphatic carbocycles. The van der Waals surface area contributed by atoms with Crippen LogP contribution in [0.2, 0.25) is 5.02 Å². The van der Waals surface area contributed by atoms with Crippen LogP contribution in [0.25, 0.3) is 0 Å². The van der Waals surface area contributed by atoms with Gasteiger partial charge in [0, 0.05) is 12.1 Å². The first-order valence-corrected chi connectivity index (χ1v) is 6.16. The largest absolute Gasteiger partial charge is 0.397 e. The number of hydrogen-bond acceptors (Lipinski definition) is 3. The molecule has 0 heterocycles. The minimum atomic E-state index is -0.567. The van der Waals surface area contributed by atoms with Crippen molar-refractivity contribution in [3.8, 4) is 0 Å². The van der Waals surface area contributed by atoms with Crippen LogP contribution in [0.15, 0.2) is 12.1 Å². The molecule has 0 bridgehead atoms. The van der Waals surface area contributed by atoms with Gasteiger partial charge in [0.05, 0.1) is 16.4 Å². The average Bonchev–Trinajstić information content (AvgIpc) is 3.09. The first-order chi connectivity index (χ1) is 8.47. The lowest BCUT2D eigenvalue weighted by Crippen LogP contribution is -2.38. The summed E-state index contributed by atoms with van der Waals surface area (Å²) in [5.41, 5.74) is 6.39. The molecule has 4 nitrogen and oxygen atoms in total. The number of benzene rings is 1. The van der Waals surface area contributed by atoms with E-state index in [1.807, 2.05) is 0 Å². The lowest BCUT2D eigenvalue weighted by molar-refractivity contribution is -0.121. The first kappa shape index (κ1) is 13.0. The Balaban J connectivity index is 2.03. The lowest BCUT2D eigenvalue weighted by atomic mass is 10.2. The van der Waals surface area contributed by atoms with Gasteiger partial charge in [-0.3, -0.25) is 4.79 Å². The monoisotopic (exact) mass is 271 g/mol. The van der Waals surface area contributed by atoms with Crippen LogP contribution in [0.5, 0.6) is 0 Å². The van der Waals surface area contributed by atoms with Gasteiger partial charge in [0.15, 0.2) is 0 Å². The van der Waals surface area contributed by atoms with Crippen molar-refractivity contribution < 1.29 is 9.18 Å². The van der Waals surface area contributed by atoms with Crippen molar-refractivity contribution in [1.29, 1.82) is 0 Å². The van der Waals surface area contributed by atoms with E-state index in [0.29, 0.717) is 17.4 Å². The van der Waals surface area contributed by atoms with Crippen molar-refractivity contribution >= 4 is 28.9 Å². The topological polar surface area (TPSA) is 67.1 Å². The van der Waals surface area contributed by atoms with Gasteiger partial charge in [-0.25, -0.2) is 4.39 Å². The van der Waals surface area contributed by atoms with Gasteiger partial charge in [-0.2, -0.15) is 0 Å². The summed E-state index contributed by atoms with van der Waals surface area (Å²) in [6, 6.07) is 2.33. The number of anilines is 2. The van der Waals surface area contributed by atoms with Gasteiger partial charge in [0.1, 0.15) is 11.9 Å². The fourth-order valence-corrected chi connectivity index (χ4v) is 1.71. The number of hydrogen-bond donors (Lipinski definition) is 3. The van der Waals surface area contributed by atoms with E-state index in [1.54, 1.807) is 6.92 Å². The molecule has 4 N–H and O–H groups in total. The number of carbonyl (C=O) groups is 1. The Morgan fingerprint density at radius 2 is 2.22 bits per heavy atom. The average molecular weight is 272 g/mol. The highest BCUT2D eigenvalue weighted by Crippen LogP contribution is 2.26. The van der Waals surface area contributed by atoms with Crippen molar-refractivity contribution in [3.05, 3.63) is 23.0 Å². The molecule has 0 aliphatic heterocycles. The van der Waals surface area contributed by atoms with Gasteiger partial charge >= 0.3 is 0 Å². The summed E-state index contributed by atoms with van der Waals surface area (Å²) in [5.74, 6) is -0.685. The molecule has 18 heavy (non-hydrogen) atoms. The van der Waals surface area contributed by atoms with E-state index in [9.17, 15) is 9.18 Å². The molecule has 1 aromatic carbocycles. The van der Waals surface area contributed by atoms with Crippen molar-refractivity contribution in [2.24, 2.45) is 0 Å².